The van der Waals surface area contributed by atoms with E-state index in [-0.39, 0.29) is 25.7 Å². The van der Waals surface area contributed by atoms with E-state index in [0.29, 0.717) is 25.7 Å². The summed E-state index contributed by atoms with van der Waals surface area (Å²) >= 11 is 0. The minimum Gasteiger partial charge on any atom is -0.462 e. The van der Waals surface area contributed by atoms with Gasteiger partial charge in [0, 0.05) is 25.7 Å². The van der Waals surface area contributed by atoms with E-state index in [1.54, 1.807) is 0 Å². The molecule has 624 valence electrons. The number of hydrogen-bond acceptors (Lipinski definition) is 15. The van der Waals surface area contributed by atoms with Gasteiger partial charge in [0.1, 0.15) is 19.3 Å². The Bertz CT molecular complexity index is 1980. The zero-order chi connectivity index (χ0) is 76.7. The Morgan fingerprint density at radius 3 is 0.562 bits per heavy atom. The minimum absolute atomic E-state index is 0.109. The Labute approximate surface area is 645 Å². The molecule has 0 aromatic carbocycles. The molecule has 0 fully saturated rings. The first-order chi connectivity index (χ1) is 51.2. The lowest BCUT2D eigenvalue weighted by atomic mass is 10.0. The number of esters is 4. The average molecular weight is 1540 g/mol. The van der Waals surface area contributed by atoms with Crippen LogP contribution in [0.4, 0.5) is 0 Å². The largest absolute Gasteiger partial charge is 0.472 e. The molecule has 5 atom stereocenters. The van der Waals surface area contributed by atoms with Crippen LogP contribution >= 0.6 is 15.6 Å². The number of unbranched alkanes of at least 4 members (excludes halogenated alkanes) is 61. The molecule has 0 amide bonds. The van der Waals surface area contributed by atoms with Crippen molar-refractivity contribution in [2.75, 3.05) is 39.6 Å². The Hall–Kier alpha value is -1.94. The maximum Gasteiger partial charge on any atom is 0.472 e. The maximum absolute atomic E-state index is 13.1. The third kappa shape index (κ3) is 79.9. The number of aliphatic hydroxyl groups is 1. The van der Waals surface area contributed by atoms with Crippen molar-refractivity contribution in [2.24, 2.45) is 0 Å². The lowest BCUT2D eigenvalue weighted by molar-refractivity contribution is -0.161. The Balaban J connectivity index is 5.20. The summed E-state index contributed by atoms with van der Waals surface area (Å²) in [5.74, 6) is -2.10. The van der Waals surface area contributed by atoms with Crippen molar-refractivity contribution in [1.82, 2.24) is 0 Å². The average Bonchev–Trinajstić information content (AvgIpc) is 0.905. The number of carbonyl (C=O) groups is 4. The second-order valence-electron chi connectivity index (χ2n) is 30.9. The van der Waals surface area contributed by atoms with E-state index in [9.17, 15) is 43.2 Å². The van der Waals surface area contributed by atoms with E-state index in [4.69, 9.17) is 37.0 Å². The molecule has 0 heterocycles. The zero-order valence-corrected chi connectivity index (χ0v) is 70.5. The third-order valence-corrected chi connectivity index (χ3v) is 22.3. The van der Waals surface area contributed by atoms with Crippen LogP contribution in [0.5, 0.6) is 0 Å². The monoisotopic (exact) mass is 1540 g/mol. The molecule has 0 radical (unpaired) electrons. The van der Waals surface area contributed by atoms with Crippen LogP contribution in [0.25, 0.3) is 0 Å². The number of aliphatic hydroxyl groups excluding tert-OH is 1. The number of phosphoric acid groups is 2. The van der Waals surface area contributed by atoms with E-state index in [2.05, 4.69) is 27.7 Å². The number of hydrogen-bond donors (Lipinski definition) is 3. The molecule has 0 spiro atoms. The number of phosphoric ester groups is 2. The Morgan fingerprint density at radius 1 is 0.229 bits per heavy atom. The highest BCUT2D eigenvalue weighted by molar-refractivity contribution is 7.47. The SMILES string of the molecule is CCCCCCCCCCCCCCCCCCCCCCC(=O)O[C@H](COC(=O)CCCCCCCCCCCCCCCCCCCC)COP(=O)(O)OC[C@@H](O)COP(=O)(O)OC[C@@H](COC(=O)CCCCCCCCCCC)OC(=O)CCCCCCCCCCCCCCCCCCCC. The van der Waals surface area contributed by atoms with Gasteiger partial charge in [-0.15, -0.1) is 0 Å². The van der Waals surface area contributed by atoms with E-state index in [0.717, 1.165) is 89.9 Å². The van der Waals surface area contributed by atoms with Gasteiger partial charge < -0.3 is 33.8 Å². The van der Waals surface area contributed by atoms with Gasteiger partial charge in [0.25, 0.3) is 0 Å². The molecule has 0 rings (SSSR count). The zero-order valence-electron chi connectivity index (χ0n) is 68.7. The van der Waals surface area contributed by atoms with Gasteiger partial charge >= 0.3 is 39.5 Å². The topological polar surface area (TPSA) is 237 Å². The van der Waals surface area contributed by atoms with Crippen LogP contribution in [0, 0.1) is 0 Å². The summed E-state index contributed by atoms with van der Waals surface area (Å²) in [5, 5.41) is 10.7. The predicted octanol–water partition coefficient (Wildman–Crippen LogP) is 26.5. The molecule has 0 aliphatic heterocycles. The molecular formula is C86H168O17P2. The summed E-state index contributed by atoms with van der Waals surface area (Å²) in [6, 6.07) is 0. The Morgan fingerprint density at radius 2 is 0.381 bits per heavy atom. The molecule has 0 bridgehead atoms. The molecule has 19 heteroatoms. The normalized spacial score (nSPS) is 13.7. The summed E-state index contributed by atoms with van der Waals surface area (Å²) in [7, 11) is -9.92. The summed E-state index contributed by atoms with van der Waals surface area (Å²) in [6.07, 6.45) is 75.1. The van der Waals surface area contributed by atoms with Crippen LogP contribution < -0.4 is 0 Å². The van der Waals surface area contributed by atoms with Crippen molar-refractivity contribution in [2.45, 2.75) is 489 Å². The van der Waals surface area contributed by atoms with Crippen LogP contribution in [0.2, 0.25) is 0 Å². The highest BCUT2D eigenvalue weighted by Crippen LogP contribution is 2.45. The van der Waals surface area contributed by atoms with E-state index < -0.39 is 97.5 Å². The molecular weight excluding hydrogens is 1370 g/mol. The first-order valence-corrected chi connectivity index (χ1v) is 47.8. The molecule has 0 aliphatic carbocycles. The highest BCUT2D eigenvalue weighted by Gasteiger charge is 2.30. The molecule has 2 unspecified atom stereocenters. The van der Waals surface area contributed by atoms with Crippen molar-refractivity contribution in [3.63, 3.8) is 0 Å². The number of rotatable bonds is 87. The van der Waals surface area contributed by atoms with Gasteiger partial charge in [0.2, 0.25) is 0 Å². The predicted molar refractivity (Wildman–Crippen MR) is 432 cm³/mol. The molecule has 17 nitrogen and oxygen atoms in total. The van der Waals surface area contributed by atoms with Gasteiger partial charge in [-0.25, -0.2) is 9.13 Å². The van der Waals surface area contributed by atoms with E-state index in [1.807, 2.05) is 0 Å². The first-order valence-electron chi connectivity index (χ1n) is 44.8. The van der Waals surface area contributed by atoms with E-state index >= 15 is 0 Å². The fourth-order valence-electron chi connectivity index (χ4n) is 13.5. The van der Waals surface area contributed by atoms with Crippen molar-refractivity contribution >= 4 is 39.5 Å². The number of carbonyl (C=O) groups excluding carboxylic acids is 4. The van der Waals surface area contributed by atoms with Gasteiger partial charge in [0.15, 0.2) is 12.2 Å². The van der Waals surface area contributed by atoms with Gasteiger partial charge in [-0.1, -0.05) is 419 Å². The summed E-state index contributed by atoms with van der Waals surface area (Å²) in [6.45, 7) is 5.05. The van der Waals surface area contributed by atoms with Gasteiger partial charge in [0.05, 0.1) is 26.4 Å². The first kappa shape index (κ1) is 103. The highest BCUT2D eigenvalue weighted by atomic mass is 31.2. The Kier molecular flexibility index (Phi) is 78.6. The second kappa shape index (κ2) is 80.1. The van der Waals surface area contributed by atoms with Crippen LogP contribution in [-0.2, 0) is 65.4 Å². The maximum atomic E-state index is 13.1. The molecule has 0 aromatic rings. The lowest BCUT2D eigenvalue weighted by Crippen LogP contribution is -2.30. The lowest BCUT2D eigenvalue weighted by Gasteiger charge is -2.21. The fourth-order valence-corrected chi connectivity index (χ4v) is 15.1. The molecule has 0 saturated carbocycles. The van der Waals surface area contributed by atoms with Crippen molar-refractivity contribution in [1.29, 1.82) is 0 Å². The van der Waals surface area contributed by atoms with Gasteiger partial charge in [-0.05, 0) is 25.7 Å². The molecule has 0 aromatic heterocycles. The van der Waals surface area contributed by atoms with Crippen LogP contribution in [0.3, 0.4) is 0 Å². The molecule has 3 N–H and O–H groups in total. The third-order valence-electron chi connectivity index (χ3n) is 20.4. The molecule has 0 aliphatic rings. The number of ether oxygens (including phenoxy) is 4. The summed E-state index contributed by atoms with van der Waals surface area (Å²) in [4.78, 5) is 73.2. The van der Waals surface area contributed by atoms with Crippen LogP contribution in [0.15, 0.2) is 0 Å². The van der Waals surface area contributed by atoms with Crippen molar-refractivity contribution < 1.29 is 80.2 Å². The minimum atomic E-state index is -4.96. The smallest absolute Gasteiger partial charge is 0.462 e. The fraction of sp³-hybridized carbons (Fsp3) is 0.953. The van der Waals surface area contributed by atoms with Gasteiger partial charge in [-0.2, -0.15) is 0 Å². The van der Waals surface area contributed by atoms with E-state index in [1.165, 1.54) is 302 Å². The molecule has 105 heavy (non-hydrogen) atoms. The van der Waals surface area contributed by atoms with Crippen molar-refractivity contribution in [3.05, 3.63) is 0 Å². The standard InChI is InChI=1S/C86H168O17P2/c1-5-9-13-17-21-25-28-31-34-37-40-41-44-47-50-53-57-61-65-69-73-86(91)103-82(77-97-84(89)71-67-63-59-55-51-48-45-42-38-35-32-29-26-22-18-14-10-6-2)79-101-105(94,95)99-75-80(87)74-98-104(92,93)100-78-81(76-96-83(88)70-66-62-58-54-24-20-16-12-8-4)102-85(90)72-68-64-60-56-52-49-46-43-39-36-33-30-27-23-19-15-11-7-3/h80-82,87H,5-79H2,1-4H3,(H,92,93)(H,94,95)/t80-,81+,82+/m0/s1. The second-order valence-corrected chi connectivity index (χ2v) is 33.8. The quantitative estimate of drug-likeness (QED) is 0.0222. The van der Waals surface area contributed by atoms with Crippen LogP contribution in [0.1, 0.15) is 471 Å². The van der Waals surface area contributed by atoms with Gasteiger partial charge in [-0.3, -0.25) is 37.3 Å². The van der Waals surface area contributed by atoms with Crippen LogP contribution in [-0.4, -0.2) is 96.7 Å². The van der Waals surface area contributed by atoms with Crippen molar-refractivity contribution in [3.8, 4) is 0 Å². The summed E-state index contributed by atoms with van der Waals surface area (Å²) in [5.41, 5.74) is 0. The summed E-state index contributed by atoms with van der Waals surface area (Å²) < 4.78 is 68.9. The molecule has 0 saturated heterocycles.